The van der Waals surface area contributed by atoms with Crippen molar-refractivity contribution in [2.45, 2.75) is 69.6 Å². The van der Waals surface area contributed by atoms with E-state index in [1.54, 1.807) is 10.3 Å². The Bertz CT molecular complexity index is 979. The summed E-state index contributed by atoms with van der Waals surface area (Å²) in [6.07, 6.45) is 2.83. The lowest BCUT2D eigenvalue weighted by Crippen LogP contribution is -2.51. The lowest BCUT2D eigenvalue weighted by atomic mass is 9.96. The minimum Gasteiger partial charge on any atom is -0.342 e. The Kier molecular flexibility index (Phi) is 7.75. The number of halogens is 3. The second-order valence-electron chi connectivity index (χ2n) is 9.00. The topological polar surface area (TPSA) is 74.3 Å². The van der Waals surface area contributed by atoms with Crippen molar-refractivity contribution in [3.05, 3.63) is 40.9 Å². The largest absolute Gasteiger partial charge is 0.416 e. The number of urea groups is 1. The van der Waals surface area contributed by atoms with E-state index >= 15 is 0 Å². The number of nitrogens with zero attached hydrogens (tertiary/aromatic N) is 2. The predicted octanol–water partition coefficient (Wildman–Crippen LogP) is 4.99. The third kappa shape index (κ3) is 6.49. The minimum atomic E-state index is -4.37. The molecule has 1 aliphatic heterocycles. The quantitative estimate of drug-likeness (QED) is 0.615. The van der Waals surface area contributed by atoms with Gasteiger partial charge in [-0.15, -0.1) is 11.3 Å². The fraction of sp³-hybridized carbons (Fsp3) is 0.542. The molecule has 1 saturated carbocycles. The zero-order valence-electron chi connectivity index (χ0n) is 18.9. The molecule has 3 amide bonds. The average Bonchev–Trinajstić information content (AvgIpc) is 3.28. The summed E-state index contributed by atoms with van der Waals surface area (Å²) in [5.41, 5.74) is 0.500. The van der Waals surface area contributed by atoms with Crippen molar-refractivity contribution < 1.29 is 22.8 Å². The van der Waals surface area contributed by atoms with E-state index in [-0.39, 0.29) is 30.4 Å². The van der Waals surface area contributed by atoms with Crippen LogP contribution in [0, 0.1) is 0 Å². The van der Waals surface area contributed by atoms with E-state index in [0.717, 1.165) is 37.8 Å². The van der Waals surface area contributed by atoms with Gasteiger partial charge in [-0.1, -0.05) is 31.4 Å². The maximum atomic E-state index is 12.7. The van der Waals surface area contributed by atoms with Crippen LogP contribution in [0.1, 0.15) is 56.2 Å². The van der Waals surface area contributed by atoms with E-state index < -0.39 is 11.7 Å². The summed E-state index contributed by atoms with van der Waals surface area (Å²) in [4.78, 5) is 31.2. The smallest absolute Gasteiger partial charge is 0.342 e. The maximum Gasteiger partial charge on any atom is 0.416 e. The number of alkyl halides is 3. The second-order valence-corrected chi connectivity index (χ2v) is 9.86. The fourth-order valence-corrected chi connectivity index (χ4v) is 5.35. The average molecular weight is 495 g/mol. The highest BCUT2D eigenvalue weighted by atomic mass is 32.1. The highest BCUT2D eigenvalue weighted by Crippen LogP contribution is 2.32. The molecule has 184 valence electrons. The van der Waals surface area contributed by atoms with Crippen LogP contribution in [-0.4, -0.2) is 47.0 Å². The summed E-state index contributed by atoms with van der Waals surface area (Å²) < 4.78 is 38.2. The highest BCUT2D eigenvalue weighted by Gasteiger charge is 2.30. The molecule has 2 N–H and O–H groups in total. The van der Waals surface area contributed by atoms with E-state index in [0.29, 0.717) is 42.2 Å². The van der Waals surface area contributed by atoms with Gasteiger partial charge in [0.05, 0.1) is 17.7 Å². The van der Waals surface area contributed by atoms with Gasteiger partial charge in [-0.3, -0.25) is 4.79 Å². The van der Waals surface area contributed by atoms with Crippen LogP contribution in [-0.2, 0) is 17.4 Å². The van der Waals surface area contributed by atoms with Crippen LogP contribution in [0.3, 0.4) is 0 Å². The van der Waals surface area contributed by atoms with Crippen molar-refractivity contribution in [1.82, 2.24) is 20.5 Å². The molecule has 2 aliphatic rings. The number of hydrogen-bond acceptors (Lipinski definition) is 4. The van der Waals surface area contributed by atoms with Gasteiger partial charge in [-0.2, -0.15) is 13.2 Å². The molecule has 4 rings (SSSR count). The van der Waals surface area contributed by atoms with E-state index in [4.69, 9.17) is 0 Å². The first-order chi connectivity index (χ1) is 16.3. The third-order valence-corrected chi connectivity index (χ3v) is 7.41. The number of benzene rings is 1. The van der Waals surface area contributed by atoms with Gasteiger partial charge in [-0.05, 0) is 37.8 Å². The molecule has 0 atom stereocenters. The zero-order valence-corrected chi connectivity index (χ0v) is 19.7. The number of aromatic nitrogens is 1. The van der Waals surface area contributed by atoms with Gasteiger partial charge < -0.3 is 15.5 Å². The van der Waals surface area contributed by atoms with Gasteiger partial charge in [0.2, 0.25) is 5.91 Å². The van der Waals surface area contributed by atoms with Gasteiger partial charge >= 0.3 is 12.2 Å². The summed E-state index contributed by atoms with van der Waals surface area (Å²) in [5.74, 6) is -0.0330. The van der Waals surface area contributed by atoms with E-state index in [2.05, 4.69) is 15.6 Å². The Hall–Kier alpha value is -2.62. The predicted molar refractivity (Wildman–Crippen MR) is 124 cm³/mol. The lowest BCUT2D eigenvalue weighted by molar-refractivity contribution is -0.137. The first-order valence-corrected chi connectivity index (χ1v) is 12.6. The molecule has 0 bridgehead atoms. The standard InChI is InChI=1S/C24H29F3N4O2S/c25-24(26,27)17-8-6-16(7-9-17)22-28-20(15-34-22)14-21(32)31-12-10-19(11-13-31)30-23(33)29-18-4-2-1-3-5-18/h6-9,15,18-19H,1-5,10-14H2,(H2,29,30,33). The number of amides is 3. The van der Waals surface area contributed by atoms with Crippen LogP contribution in [0.15, 0.2) is 29.6 Å². The summed E-state index contributed by atoms with van der Waals surface area (Å²) in [6, 6.07) is 5.07. The molecule has 2 fully saturated rings. The number of piperidine rings is 1. The molecule has 2 aromatic rings. The fourth-order valence-electron chi connectivity index (χ4n) is 4.52. The lowest BCUT2D eigenvalue weighted by Gasteiger charge is -2.33. The molecule has 1 aromatic heterocycles. The summed E-state index contributed by atoms with van der Waals surface area (Å²) in [7, 11) is 0. The Balaban J connectivity index is 1.23. The van der Waals surface area contributed by atoms with Gasteiger partial charge in [0.25, 0.3) is 0 Å². The number of hydrogen-bond donors (Lipinski definition) is 2. The Morgan fingerprint density at radius 1 is 0.971 bits per heavy atom. The molecular formula is C24H29F3N4O2S. The monoisotopic (exact) mass is 494 g/mol. The molecule has 0 unspecified atom stereocenters. The number of nitrogens with one attached hydrogen (secondary N) is 2. The molecule has 1 aliphatic carbocycles. The van der Waals surface area contributed by atoms with E-state index in [1.165, 1.54) is 29.9 Å². The molecule has 10 heteroatoms. The van der Waals surface area contributed by atoms with Gasteiger partial charge in [0.1, 0.15) is 5.01 Å². The van der Waals surface area contributed by atoms with Crippen LogP contribution in [0.5, 0.6) is 0 Å². The van der Waals surface area contributed by atoms with E-state index in [1.807, 2.05) is 0 Å². The van der Waals surface area contributed by atoms with Crippen LogP contribution in [0.2, 0.25) is 0 Å². The number of thiazole rings is 1. The third-order valence-electron chi connectivity index (χ3n) is 6.47. The van der Waals surface area contributed by atoms with Crippen molar-refractivity contribution in [2.24, 2.45) is 0 Å². The van der Waals surface area contributed by atoms with Crippen molar-refractivity contribution in [3.63, 3.8) is 0 Å². The second kappa shape index (κ2) is 10.8. The Labute approximate surface area is 200 Å². The molecule has 2 heterocycles. The molecule has 1 saturated heterocycles. The molecule has 6 nitrogen and oxygen atoms in total. The van der Waals surface area contributed by atoms with Crippen molar-refractivity contribution in [3.8, 4) is 10.6 Å². The van der Waals surface area contributed by atoms with Crippen LogP contribution in [0.4, 0.5) is 18.0 Å². The van der Waals surface area contributed by atoms with Crippen molar-refractivity contribution in [1.29, 1.82) is 0 Å². The van der Waals surface area contributed by atoms with E-state index in [9.17, 15) is 22.8 Å². The summed E-state index contributed by atoms with van der Waals surface area (Å²) >= 11 is 1.31. The number of carbonyl (C=O) groups is 2. The molecule has 0 spiro atoms. The Morgan fingerprint density at radius 3 is 2.21 bits per heavy atom. The van der Waals surface area contributed by atoms with Crippen LogP contribution >= 0.6 is 11.3 Å². The van der Waals surface area contributed by atoms with Gasteiger partial charge in [-0.25, -0.2) is 9.78 Å². The summed E-state index contributed by atoms with van der Waals surface area (Å²) in [5, 5.41) is 8.47. The molecular weight excluding hydrogens is 465 g/mol. The van der Waals surface area contributed by atoms with Gasteiger partial charge in [0, 0.05) is 36.1 Å². The van der Waals surface area contributed by atoms with Gasteiger partial charge in [0.15, 0.2) is 0 Å². The van der Waals surface area contributed by atoms with Crippen LogP contribution in [0.25, 0.3) is 10.6 Å². The minimum absolute atomic E-state index is 0.0330. The maximum absolute atomic E-state index is 12.7. The first-order valence-electron chi connectivity index (χ1n) is 11.7. The highest BCUT2D eigenvalue weighted by molar-refractivity contribution is 7.13. The molecule has 0 radical (unpaired) electrons. The number of carbonyl (C=O) groups excluding carboxylic acids is 2. The Morgan fingerprint density at radius 2 is 1.59 bits per heavy atom. The summed E-state index contributed by atoms with van der Waals surface area (Å²) in [6.45, 7) is 1.15. The van der Waals surface area contributed by atoms with Crippen molar-refractivity contribution in [2.75, 3.05) is 13.1 Å². The van der Waals surface area contributed by atoms with Crippen molar-refractivity contribution >= 4 is 23.3 Å². The number of rotatable bonds is 5. The van der Waals surface area contributed by atoms with Crippen LogP contribution < -0.4 is 10.6 Å². The number of likely N-dealkylation sites (tertiary alicyclic amines) is 1. The molecule has 1 aromatic carbocycles. The zero-order chi connectivity index (χ0) is 24.1. The SMILES string of the molecule is O=C(NC1CCCCC1)NC1CCN(C(=O)Cc2csc(-c3ccc(C(F)(F)F)cc3)n2)CC1. The first kappa shape index (κ1) is 24.5. The molecule has 34 heavy (non-hydrogen) atoms. The normalized spacial score (nSPS) is 18.0.